The maximum atomic E-state index is 12.0. The third kappa shape index (κ3) is 4.45. The van der Waals surface area contributed by atoms with Crippen LogP contribution in [0, 0.1) is 0 Å². The lowest BCUT2D eigenvalue weighted by Crippen LogP contribution is -2.16. The van der Waals surface area contributed by atoms with E-state index < -0.39 is 9.84 Å². The van der Waals surface area contributed by atoms with Crippen LogP contribution in [0.1, 0.15) is 49.0 Å². The van der Waals surface area contributed by atoms with Gasteiger partial charge in [0.2, 0.25) is 0 Å². The molecule has 0 fully saturated rings. The number of sulfone groups is 1. The van der Waals surface area contributed by atoms with Gasteiger partial charge >= 0.3 is 0 Å². The van der Waals surface area contributed by atoms with Gasteiger partial charge < -0.3 is 0 Å². The molecule has 1 heterocycles. The molecule has 0 N–H and O–H groups in total. The van der Waals surface area contributed by atoms with Gasteiger partial charge in [0, 0.05) is 18.1 Å². The fourth-order valence-corrected chi connectivity index (χ4v) is 2.98. The SMILES string of the molecule is CC(C)(C)c1nnsc1C(=O)CCCS(C)(=O)=O. The first-order valence-corrected chi connectivity index (χ1v) is 8.48. The summed E-state index contributed by atoms with van der Waals surface area (Å²) in [6.07, 6.45) is 1.74. The molecular formula is C11H18N2O3S2. The number of hydrogen-bond donors (Lipinski definition) is 0. The highest BCUT2D eigenvalue weighted by Crippen LogP contribution is 2.26. The molecule has 0 atom stereocenters. The number of nitrogens with zero attached hydrogens (tertiary/aromatic N) is 2. The number of carbonyl (C=O) groups is 1. The summed E-state index contributed by atoms with van der Waals surface area (Å²) < 4.78 is 25.8. The highest BCUT2D eigenvalue weighted by molar-refractivity contribution is 7.90. The summed E-state index contributed by atoms with van der Waals surface area (Å²) in [5, 5.41) is 3.99. The van der Waals surface area contributed by atoms with E-state index in [-0.39, 0.29) is 23.4 Å². The van der Waals surface area contributed by atoms with Crippen LogP contribution >= 0.6 is 11.5 Å². The van der Waals surface area contributed by atoms with Crippen molar-refractivity contribution in [2.75, 3.05) is 12.0 Å². The van der Waals surface area contributed by atoms with Crippen LogP contribution in [0.5, 0.6) is 0 Å². The summed E-state index contributed by atoms with van der Waals surface area (Å²) in [7, 11) is -3.01. The fourth-order valence-electron chi connectivity index (χ4n) is 1.47. The van der Waals surface area contributed by atoms with Crippen molar-refractivity contribution in [1.82, 2.24) is 9.59 Å². The minimum absolute atomic E-state index is 0.0375. The second-order valence-electron chi connectivity index (χ2n) is 5.36. The molecule has 0 aliphatic carbocycles. The molecule has 0 aliphatic rings. The van der Waals surface area contributed by atoms with Crippen molar-refractivity contribution in [3.05, 3.63) is 10.6 Å². The van der Waals surface area contributed by atoms with Crippen LogP contribution in [0.15, 0.2) is 0 Å². The Bertz CT molecular complexity index is 527. The van der Waals surface area contributed by atoms with Crippen LogP contribution in [-0.4, -0.2) is 35.8 Å². The minimum atomic E-state index is -3.01. The van der Waals surface area contributed by atoms with Crippen LogP contribution in [0.4, 0.5) is 0 Å². The van der Waals surface area contributed by atoms with Crippen molar-refractivity contribution >= 4 is 27.2 Å². The van der Waals surface area contributed by atoms with E-state index in [1.165, 1.54) is 6.26 Å². The zero-order valence-corrected chi connectivity index (χ0v) is 12.7. The molecule has 1 rings (SSSR count). The van der Waals surface area contributed by atoms with Crippen LogP contribution in [0.3, 0.4) is 0 Å². The minimum Gasteiger partial charge on any atom is -0.293 e. The van der Waals surface area contributed by atoms with Crippen molar-refractivity contribution in [2.45, 2.75) is 39.0 Å². The van der Waals surface area contributed by atoms with Crippen molar-refractivity contribution in [1.29, 1.82) is 0 Å². The zero-order valence-electron chi connectivity index (χ0n) is 11.1. The van der Waals surface area contributed by atoms with E-state index >= 15 is 0 Å². The molecule has 18 heavy (non-hydrogen) atoms. The van der Waals surface area contributed by atoms with Gasteiger partial charge in [-0.1, -0.05) is 25.3 Å². The van der Waals surface area contributed by atoms with E-state index in [0.29, 0.717) is 17.0 Å². The van der Waals surface area contributed by atoms with Gasteiger partial charge in [0.15, 0.2) is 5.78 Å². The van der Waals surface area contributed by atoms with Crippen LogP contribution in [0.25, 0.3) is 0 Å². The number of hydrogen-bond acceptors (Lipinski definition) is 6. The first-order chi connectivity index (χ1) is 8.11. The van der Waals surface area contributed by atoms with Crippen molar-refractivity contribution in [3.63, 3.8) is 0 Å². The third-order valence-corrected chi connectivity index (χ3v) is 4.17. The van der Waals surface area contributed by atoms with Crippen LogP contribution < -0.4 is 0 Å². The maximum absolute atomic E-state index is 12.0. The summed E-state index contributed by atoms with van der Waals surface area (Å²) in [5.41, 5.74) is 0.464. The Morgan fingerprint density at radius 1 is 1.33 bits per heavy atom. The summed E-state index contributed by atoms with van der Waals surface area (Å²) in [5.74, 6) is -0.0332. The second-order valence-corrected chi connectivity index (χ2v) is 8.37. The van der Waals surface area contributed by atoms with Gasteiger partial charge in [-0.05, 0) is 18.0 Å². The summed E-state index contributed by atoms with van der Waals surface area (Å²) >= 11 is 1.08. The van der Waals surface area contributed by atoms with Gasteiger partial charge in [-0.2, -0.15) is 0 Å². The molecule has 0 spiro atoms. The second kappa shape index (κ2) is 5.44. The molecule has 0 unspecified atom stereocenters. The van der Waals surface area contributed by atoms with Gasteiger partial charge in [0.1, 0.15) is 14.7 Å². The molecular weight excluding hydrogens is 272 g/mol. The molecule has 5 nitrogen and oxygen atoms in total. The first-order valence-electron chi connectivity index (χ1n) is 5.65. The van der Waals surface area contributed by atoms with Gasteiger partial charge in [-0.15, -0.1) is 5.10 Å². The third-order valence-electron chi connectivity index (χ3n) is 2.37. The van der Waals surface area contributed by atoms with E-state index in [0.717, 1.165) is 11.5 Å². The van der Waals surface area contributed by atoms with E-state index in [4.69, 9.17) is 0 Å². The number of rotatable bonds is 5. The normalized spacial score (nSPS) is 12.7. The summed E-state index contributed by atoms with van der Waals surface area (Å²) in [4.78, 5) is 12.5. The highest BCUT2D eigenvalue weighted by Gasteiger charge is 2.25. The Labute approximate surface area is 112 Å². The van der Waals surface area contributed by atoms with Crippen molar-refractivity contribution in [3.8, 4) is 0 Å². The van der Waals surface area contributed by atoms with Crippen molar-refractivity contribution in [2.24, 2.45) is 0 Å². The quantitative estimate of drug-likeness (QED) is 0.773. The zero-order chi connectivity index (χ0) is 14.0. The van der Waals surface area contributed by atoms with E-state index in [1.54, 1.807) is 0 Å². The molecule has 1 aromatic heterocycles. The Kier molecular flexibility index (Phi) is 4.61. The lowest BCUT2D eigenvalue weighted by molar-refractivity contribution is 0.0983. The molecule has 0 aliphatic heterocycles. The maximum Gasteiger partial charge on any atom is 0.176 e. The predicted molar refractivity (Wildman–Crippen MR) is 71.9 cm³/mol. The summed E-state index contributed by atoms with van der Waals surface area (Å²) in [6.45, 7) is 5.91. The smallest absolute Gasteiger partial charge is 0.176 e. The molecule has 102 valence electrons. The Morgan fingerprint density at radius 2 is 1.94 bits per heavy atom. The molecule has 0 radical (unpaired) electrons. The molecule has 0 saturated carbocycles. The number of aromatic nitrogens is 2. The average Bonchev–Trinajstić information content (AvgIpc) is 2.62. The van der Waals surface area contributed by atoms with E-state index in [1.807, 2.05) is 20.8 Å². The molecule has 0 amide bonds. The number of carbonyl (C=O) groups excluding carboxylic acids is 1. The average molecular weight is 290 g/mol. The lowest BCUT2D eigenvalue weighted by atomic mass is 9.90. The fraction of sp³-hybridized carbons (Fsp3) is 0.727. The monoisotopic (exact) mass is 290 g/mol. The van der Waals surface area contributed by atoms with Crippen LogP contribution in [0.2, 0.25) is 0 Å². The van der Waals surface area contributed by atoms with Gasteiger partial charge in [-0.3, -0.25) is 4.79 Å². The standard InChI is InChI=1S/C11H18N2O3S2/c1-11(2,3)10-9(17-13-12-10)8(14)6-5-7-18(4,15)16/h5-7H2,1-4H3. The molecule has 0 saturated heterocycles. The Hall–Kier alpha value is -0.820. The Balaban J connectivity index is 2.72. The summed E-state index contributed by atoms with van der Waals surface area (Å²) in [6, 6.07) is 0. The number of Topliss-reactive ketones (excluding diaryl/α,β-unsaturated/α-hetero) is 1. The molecule has 0 aromatic carbocycles. The number of ketones is 1. The van der Waals surface area contributed by atoms with E-state index in [2.05, 4.69) is 9.59 Å². The molecule has 0 bridgehead atoms. The van der Waals surface area contributed by atoms with Gasteiger partial charge in [-0.25, -0.2) is 8.42 Å². The first kappa shape index (κ1) is 15.2. The highest BCUT2D eigenvalue weighted by atomic mass is 32.2. The largest absolute Gasteiger partial charge is 0.293 e. The van der Waals surface area contributed by atoms with Crippen molar-refractivity contribution < 1.29 is 13.2 Å². The van der Waals surface area contributed by atoms with Gasteiger partial charge in [0.25, 0.3) is 0 Å². The van der Waals surface area contributed by atoms with Crippen LogP contribution in [-0.2, 0) is 15.3 Å². The predicted octanol–water partition coefficient (Wildman–Crippen LogP) is 1.84. The topological polar surface area (TPSA) is 77.0 Å². The van der Waals surface area contributed by atoms with Gasteiger partial charge in [0.05, 0.1) is 11.4 Å². The molecule has 1 aromatic rings. The van der Waals surface area contributed by atoms with E-state index in [9.17, 15) is 13.2 Å². The Morgan fingerprint density at radius 3 is 2.44 bits per heavy atom. The lowest BCUT2D eigenvalue weighted by Gasteiger charge is -2.15. The molecule has 7 heteroatoms.